The summed E-state index contributed by atoms with van der Waals surface area (Å²) in [6.45, 7) is 5.75. The molecule has 2 N–H and O–H groups in total. The molecule has 4 rings (SSSR count). The number of hydrogen-bond acceptors (Lipinski definition) is 3. The first-order valence-corrected chi connectivity index (χ1v) is 9.95. The lowest BCUT2D eigenvalue weighted by atomic mass is 10.1. The number of carbonyl (C=O) groups excluding carboxylic acids is 1. The van der Waals surface area contributed by atoms with Crippen LogP contribution in [0.3, 0.4) is 0 Å². The topological polar surface area (TPSA) is 58.9 Å². The molecule has 1 aliphatic rings. The summed E-state index contributed by atoms with van der Waals surface area (Å²) in [7, 11) is 0. The lowest BCUT2D eigenvalue weighted by Gasteiger charge is -2.11. The minimum Gasteiger partial charge on any atom is -0.320 e. The summed E-state index contributed by atoms with van der Waals surface area (Å²) in [5.41, 5.74) is 6.93. The zero-order chi connectivity index (χ0) is 19.5. The van der Waals surface area contributed by atoms with Gasteiger partial charge in [0.05, 0.1) is 5.69 Å². The Kier molecular flexibility index (Phi) is 5.26. The van der Waals surface area contributed by atoms with E-state index < -0.39 is 0 Å². The second-order valence-corrected chi connectivity index (χ2v) is 7.27. The summed E-state index contributed by atoms with van der Waals surface area (Å²) in [5, 5.41) is 11.1. The van der Waals surface area contributed by atoms with Crippen LogP contribution < -0.4 is 10.6 Å². The quantitative estimate of drug-likeness (QED) is 0.685. The maximum atomic E-state index is 13.1. The Hall–Kier alpha value is -2.92. The van der Waals surface area contributed by atoms with Gasteiger partial charge in [-0.2, -0.15) is 5.10 Å². The number of rotatable bonds is 6. The minimum atomic E-state index is -0.132. The molecule has 3 aromatic rings. The van der Waals surface area contributed by atoms with Crippen molar-refractivity contribution in [1.29, 1.82) is 0 Å². The molecule has 1 amide bonds. The Balaban J connectivity index is 1.64. The predicted octanol–water partition coefficient (Wildman–Crippen LogP) is 4.03. The van der Waals surface area contributed by atoms with Crippen molar-refractivity contribution in [3.05, 3.63) is 76.6 Å². The number of amides is 1. The van der Waals surface area contributed by atoms with Crippen LogP contribution in [0.25, 0.3) is 5.69 Å². The van der Waals surface area contributed by atoms with E-state index >= 15 is 0 Å². The van der Waals surface area contributed by atoms with E-state index in [9.17, 15) is 4.79 Å². The Morgan fingerprint density at radius 1 is 1.11 bits per heavy atom. The molecule has 1 aliphatic carbocycles. The SMILES string of the molecule is CCNCc1ccccc1NC(=O)c1nn(-c2ccc(C)cc2)c2c1CCC2. The molecule has 1 heterocycles. The lowest BCUT2D eigenvalue weighted by molar-refractivity contribution is 0.102. The van der Waals surface area contributed by atoms with Crippen molar-refractivity contribution in [1.82, 2.24) is 15.1 Å². The second kappa shape index (κ2) is 7.98. The largest absolute Gasteiger partial charge is 0.320 e. The van der Waals surface area contributed by atoms with Crippen molar-refractivity contribution in [2.24, 2.45) is 0 Å². The average molecular weight is 374 g/mol. The van der Waals surface area contributed by atoms with Crippen LogP contribution in [-0.2, 0) is 19.4 Å². The van der Waals surface area contributed by atoms with Crippen LogP contribution in [0, 0.1) is 6.92 Å². The van der Waals surface area contributed by atoms with E-state index in [0.29, 0.717) is 5.69 Å². The summed E-state index contributed by atoms with van der Waals surface area (Å²) in [6.07, 6.45) is 2.93. The number of aromatic nitrogens is 2. The average Bonchev–Trinajstić information content (AvgIpc) is 3.31. The number of fused-ring (bicyclic) bond motifs is 1. The van der Waals surface area contributed by atoms with Crippen LogP contribution in [0.2, 0.25) is 0 Å². The standard InChI is InChI=1S/C23H26N4O/c1-3-24-15-17-7-4-5-9-20(17)25-23(28)22-19-8-6-10-21(19)27(26-22)18-13-11-16(2)12-14-18/h4-5,7,9,11-14,24H,3,6,8,10,15H2,1-2H3,(H,25,28). The third-order valence-electron chi connectivity index (χ3n) is 5.25. The highest BCUT2D eigenvalue weighted by atomic mass is 16.2. The van der Waals surface area contributed by atoms with E-state index in [1.54, 1.807) is 0 Å². The zero-order valence-corrected chi connectivity index (χ0v) is 16.5. The molecule has 144 valence electrons. The van der Waals surface area contributed by atoms with Gasteiger partial charge in [-0.25, -0.2) is 4.68 Å². The molecule has 0 saturated carbocycles. The van der Waals surface area contributed by atoms with Gasteiger partial charge in [-0.3, -0.25) is 4.79 Å². The van der Waals surface area contributed by atoms with Gasteiger partial charge in [-0.1, -0.05) is 42.8 Å². The van der Waals surface area contributed by atoms with Gasteiger partial charge in [-0.05, 0) is 56.5 Å². The van der Waals surface area contributed by atoms with E-state index in [0.717, 1.165) is 60.5 Å². The van der Waals surface area contributed by atoms with E-state index in [1.807, 2.05) is 28.9 Å². The summed E-state index contributed by atoms with van der Waals surface area (Å²) >= 11 is 0. The molecule has 0 spiro atoms. The molecule has 0 atom stereocenters. The number of carbonyl (C=O) groups is 1. The van der Waals surface area contributed by atoms with E-state index in [1.165, 1.54) is 5.56 Å². The van der Waals surface area contributed by atoms with Gasteiger partial charge in [0, 0.05) is 23.5 Å². The molecule has 0 aliphatic heterocycles. The number of aryl methyl sites for hydroxylation is 1. The number of anilines is 1. The van der Waals surface area contributed by atoms with Crippen LogP contribution in [0.5, 0.6) is 0 Å². The Morgan fingerprint density at radius 2 is 1.89 bits per heavy atom. The fourth-order valence-electron chi connectivity index (χ4n) is 3.76. The van der Waals surface area contributed by atoms with Crippen molar-refractivity contribution < 1.29 is 4.79 Å². The van der Waals surface area contributed by atoms with Crippen LogP contribution in [0.15, 0.2) is 48.5 Å². The molecule has 2 aromatic carbocycles. The van der Waals surface area contributed by atoms with E-state index in [4.69, 9.17) is 5.10 Å². The fraction of sp³-hybridized carbons (Fsp3) is 0.304. The second-order valence-electron chi connectivity index (χ2n) is 7.27. The van der Waals surface area contributed by atoms with Crippen molar-refractivity contribution in [3.63, 3.8) is 0 Å². The van der Waals surface area contributed by atoms with Gasteiger partial charge in [0.25, 0.3) is 5.91 Å². The third kappa shape index (κ3) is 3.58. The van der Waals surface area contributed by atoms with Gasteiger partial charge < -0.3 is 10.6 Å². The van der Waals surface area contributed by atoms with Gasteiger partial charge in [-0.15, -0.1) is 0 Å². The maximum Gasteiger partial charge on any atom is 0.276 e. The molecular weight excluding hydrogens is 348 g/mol. The highest BCUT2D eigenvalue weighted by molar-refractivity contribution is 6.04. The molecule has 0 saturated heterocycles. The first kappa shape index (κ1) is 18.4. The van der Waals surface area contributed by atoms with Crippen LogP contribution in [-0.4, -0.2) is 22.2 Å². The molecule has 0 unspecified atom stereocenters. The monoisotopic (exact) mass is 374 g/mol. The number of hydrogen-bond donors (Lipinski definition) is 2. The lowest BCUT2D eigenvalue weighted by Crippen LogP contribution is -2.18. The zero-order valence-electron chi connectivity index (χ0n) is 16.5. The Morgan fingerprint density at radius 3 is 2.68 bits per heavy atom. The van der Waals surface area contributed by atoms with Gasteiger partial charge in [0.2, 0.25) is 0 Å². The molecule has 5 heteroatoms. The van der Waals surface area contributed by atoms with Crippen molar-refractivity contribution >= 4 is 11.6 Å². The minimum absolute atomic E-state index is 0.132. The molecule has 1 aromatic heterocycles. The molecule has 0 bridgehead atoms. The molecule has 28 heavy (non-hydrogen) atoms. The molecule has 0 fully saturated rings. The van der Waals surface area contributed by atoms with Crippen molar-refractivity contribution in [2.75, 3.05) is 11.9 Å². The Bertz CT molecular complexity index is 988. The normalized spacial score (nSPS) is 12.8. The molecule has 5 nitrogen and oxygen atoms in total. The summed E-state index contributed by atoms with van der Waals surface area (Å²) in [6, 6.07) is 16.2. The summed E-state index contributed by atoms with van der Waals surface area (Å²) < 4.78 is 1.95. The highest BCUT2D eigenvalue weighted by Crippen LogP contribution is 2.28. The highest BCUT2D eigenvalue weighted by Gasteiger charge is 2.27. The van der Waals surface area contributed by atoms with E-state index in [-0.39, 0.29) is 5.91 Å². The van der Waals surface area contributed by atoms with Crippen molar-refractivity contribution in [2.45, 2.75) is 39.7 Å². The maximum absolute atomic E-state index is 13.1. The summed E-state index contributed by atoms with van der Waals surface area (Å²) in [5.74, 6) is -0.132. The van der Waals surface area contributed by atoms with Crippen molar-refractivity contribution in [3.8, 4) is 5.69 Å². The van der Waals surface area contributed by atoms with E-state index in [2.05, 4.69) is 48.7 Å². The predicted molar refractivity (Wildman–Crippen MR) is 112 cm³/mol. The third-order valence-corrected chi connectivity index (χ3v) is 5.25. The number of nitrogens with zero attached hydrogens (tertiary/aromatic N) is 2. The first-order valence-electron chi connectivity index (χ1n) is 9.95. The van der Waals surface area contributed by atoms with Gasteiger partial charge in [0.15, 0.2) is 5.69 Å². The Labute approximate surface area is 165 Å². The van der Waals surface area contributed by atoms with Crippen LogP contribution in [0.1, 0.15) is 46.2 Å². The summed E-state index contributed by atoms with van der Waals surface area (Å²) in [4.78, 5) is 13.1. The van der Waals surface area contributed by atoms with Gasteiger partial charge >= 0.3 is 0 Å². The number of benzene rings is 2. The smallest absolute Gasteiger partial charge is 0.276 e. The first-order chi connectivity index (χ1) is 13.7. The van der Waals surface area contributed by atoms with Crippen LogP contribution in [0.4, 0.5) is 5.69 Å². The molecular formula is C23H26N4O. The molecule has 0 radical (unpaired) electrons. The fourth-order valence-corrected chi connectivity index (χ4v) is 3.76. The number of para-hydroxylation sites is 1. The number of nitrogens with one attached hydrogen (secondary N) is 2. The van der Waals surface area contributed by atoms with Crippen LogP contribution >= 0.6 is 0 Å². The van der Waals surface area contributed by atoms with Gasteiger partial charge in [0.1, 0.15) is 0 Å².